The summed E-state index contributed by atoms with van der Waals surface area (Å²) in [5.41, 5.74) is 7.02. The van der Waals surface area contributed by atoms with E-state index >= 15 is 0 Å². The number of rotatable bonds is 9. The summed E-state index contributed by atoms with van der Waals surface area (Å²) in [7, 11) is 0. The molecule has 0 saturated carbocycles. The quantitative estimate of drug-likeness (QED) is 0.707. The molecule has 3 nitrogen and oxygen atoms in total. The SMILES string of the molecule is CCOc1cccc(CC(C)N)c1OCCSCC. The molecule has 0 bridgehead atoms. The Kier molecular flexibility index (Phi) is 7.75. The third-order valence-corrected chi connectivity index (χ3v) is 3.44. The standard InChI is InChI=1S/C15H25NO2S/c1-4-17-14-8-6-7-13(11-12(3)16)15(14)18-9-10-19-5-2/h6-8,12H,4-5,9-11,16H2,1-3H3. The Morgan fingerprint density at radius 1 is 1.26 bits per heavy atom. The van der Waals surface area contributed by atoms with Crippen LogP contribution in [0.15, 0.2) is 18.2 Å². The van der Waals surface area contributed by atoms with E-state index in [1.54, 1.807) is 0 Å². The third kappa shape index (κ3) is 5.74. The van der Waals surface area contributed by atoms with Gasteiger partial charge in [0.25, 0.3) is 0 Å². The largest absolute Gasteiger partial charge is 0.490 e. The molecule has 0 aromatic heterocycles. The lowest BCUT2D eigenvalue weighted by Gasteiger charge is -2.17. The molecular weight excluding hydrogens is 258 g/mol. The van der Waals surface area contributed by atoms with Crippen LogP contribution in [0.2, 0.25) is 0 Å². The van der Waals surface area contributed by atoms with Crippen molar-refractivity contribution in [1.29, 1.82) is 0 Å². The Hall–Kier alpha value is -0.870. The van der Waals surface area contributed by atoms with Crippen LogP contribution in [0.25, 0.3) is 0 Å². The van der Waals surface area contributed by atoms with Crippen LogP contribution >= 0.6 is 11.8 Å². The van der Waals surface area contributed by atoms with E-state index in [2.05, 4.69) is 13.0 Å². The molecular formula is C15H25NO2S. The summed E-state index contributed by atoms with van der Waals surface area (Å²) in [6.45, 7) is 7.48. The lowest BCUT2D eigenvalue weighted by atomic mass is 10.1. The van der Waals surface area contributed by atoms with Gasteiger partial charge >= 0.3 is 0 Å². The van der Waals surface area contributed by atoms with Crippen LogP contribution in [0.5, 0.6) is 11.5 Å². The van der Waals surface area contributed by atoms with Gasteiger partial charge in [-0.3, -0.25) is 0 Å². The van der Waals surface area contributed by atoms with Crippen molar-refractivity contribution in [3.8, 4) is 11.5 Å². The predicted molar refractivity (Wildman–Crippen MR) is 83.5 cm³/mol. The van der Waals surface area contributed by atoms with Gasteiger partial charge in [-0.2, -0.15) is 11.8 Å². The first kappa shape index (κ1) is 16.2. The predicted octanol–water partition coefficient (Wildman–Crippen LogP) is 3.11. The number of thioether (sulfide) groups is 1. The number of benzene rings is 1. The van der Waals surface area contributed by atoms with Gasteiger partial charge in [-0.25, -0.2) is 0 Å². The van der Waals surface area contributed by atoms with Gasteiger partial charge in [0.15, 0.2) is 11.5 Å². The maximum Gasteiger partial charge on any atom is 0.164 e. The van der Waals surface area contributed by atoms with Gasteiger partial charge in [-0.1, -0.05) is 19.1 Å². The van der Waals surface area contributed by atoms with Crippen LogP contribution in [0.1, 0.15) is 26.3 Å². The first-order valence-electron chi connectivity index (χ1n) is 6.89. The zero-order chi connectivity index (χ0) is 14.1. The fourth-order valence-corrected chi connectivity index (χ4v) is 2.34. The van der Waals surface area contributed by atoms with Gasteiger partial charge in [-0.05, 0) is 37.7 Å². The number of hydrogen-bond acceptors (Lipinski definition) is 4. The van der Waals surface area contributed by atoms with Crippen molar-refractivity contribution >= 4 is 11.8 Å². The van der Waals surface area contributed by atoms with E-state index < -0.39 is 0 Å². The minimum absolute atomic E-state index is 0.115. The van der Waals surface area contributed by atoms with Crippen molar-refractivity contribution < 1.29 is 9.47 Å². The van der Waals surface area contributed by atoms with E-state index in [4.69, 9.17) is 15.2 Å². The van der Waals surface area contributed by atoms with Gasteiger partial charge in [0, 0.05) is 11.8 Å². The van der Waals surface area contributed by atoms with E-state index in [1.165, 1.54) is 0 Å². The van der Waals surface area contributed by atoms with Crippen molar-refractivity contribution in [1.82, 2.24) is 0 Å². The Labute approximate surface area is 120 Å². The van der Waals surface area contributed by atoms with Gasteiger partial charge in [0.1, 0.15) is 0 Å². The van der Waals surface area contributed by atoms with E-state index in [0.717, 1.165) is 35.0 Å². The molecule has 1 aromatic rings. The molecule has 0 amide bonds. The Morgan fingerprint density at radius 2 is 2.05 bits per heavy atom. The zero-order valence-electron chi connectivity index (χ0n) is 12.1. The smallest absolute Gasteiger partial charge is 0.164 e. The van der Waals surface area contributed by atoms with Crippen molar-refractivity contribution in [3.63, 3.8) is 0 Å². The molecule has 1 atom stereocenters. The van der Waals surface area contributed by atoms with E-state index in [9.17, 15) is 0 Å². The van der Waals surface area contributed by atoms with E-state index in [0.29, 0.717) is 13.2 Å². The minimum atomic E-state index is 0.115. The second kappa shape index (κ2) is 9.10. The van der Waals surface area contributed by atoms with Crippen LogP contribution < -0.4 is 15.2 Å². The molecule has 4 heteroatoms. The second-order valence-electron chi connectivity index (χ2n) is 4.40. The maximum absolute atomic E-state index is 5.92. The van der Waals surface area contributed by atoms with Crippen molar-refractivity contribution in [2.45, 2.75) is 33.2 Å². The number of hydrogen-bond donors (Lipinski definition) is 1. The summed E-state index contributed by atoms with van der Waals surface area (Å²) in [5, 5.41) is 0. The number of ether oxygens (including phenoxy) is 2. The molecule has 108 valence electrons. The Balaban J connectivity index is 2.80. The summed E-state index contributed by atoms with van der Waals surface area (Å²) in [6.07, 6.45) is 0.803. The summed E-state index contributed by atoms with van der Waals surface area (Å²) < 4.78 is 11.6. The Morgan fingerprint density at radius 3 is 2.68 bits per heavy atom. The van der Waals surface area contributed by atoms with E-state index in [-0.39, 0.29) is 6.04 Å². The molecule has 2 N–H and O–H groups in total. The van der Waals surface area contributed by atoms with Crippen molar-refractivity contribution in [3.05, 3.63) is 23.8 Å². The normalized spacial score (nSPS) is 12.2. The van der Waals surface area contributed by atoms with Crippen LogP contribution in [-0.4, -0.2) is 30.8 Å². The summed E-state index contributed by atoms with van der Waals surface area (Å²) in [6, 6.07) is 6.13. The summed E-state index contributed by atoms with van der Waals surface area (Å²) in [4.78, 5) is 0. The van der Waals surface area contributed by atoms with Crippen LogP contribution in [0.3, 0.4) is 0 Å². The molecule has 0 aliphatic heterocycles. The van der Waals surface area contributed by atoms with E-state index in [1.807, 2.05) is 37.7 Å². The summed E-state index contributed by atoms with van der Waals surface area (Å²) in [5.74, 6) is 3.79. The maximum atomic E-state index is 5.92. The molecule has 19 heavy (non-hydrogen) atoms. The first-order chi connectivity index (χ1) is 9.19. The highest BCUT2D eigenvalue weighted by Crippen LogP contribution is 2.32. The molecule has 0 heterocycles. The highest BCUT2D eigenvalue weighted by molar-refractivity contribution is 7.99. The molecule has 0 aliphatic carbocycles. The average Bonchev–Trinajstić information content (AvgIpc) is 2.37. The molecule has 0 spiro atoms. The van der Waals surface area contributed by atoms with Crippen LogP contribution in [-0.2, 0) is 6.42 Å². The van der Waals surface area contributed by atoms with Gasteiger partial charge in [0.2, 0.25) is 0 Å². The minimum Gasteiger partial charge on any atom is -0.490 e. The fraction of sp³-hybridized carbons (Fsp3) is 0.600. The topological polar surface area (TPSA) is 44.5 Å². The molecule has 1 rings (SSSR count). The lowest BCUT2D eigenvalue weighted by Crippen LogP contribution is -2.18. The molecule has 0 aliphatic rings. The molecule has 0 saturated heterocycles. The molecule has 1 unspecified atom stereocenters. The first-order valence-corrected chi connectivity index (χ1v) is 8.05. The molecule has 0 fully saturated rings. The summed E-state index contributed by atoms with van der Waals surface area (Å²) >= 11 is 1.88. The second-order valence-corrected chi connectivity index (χ2v) is 5.80. The fourth-order valence-electron chi connectivity index (χ4n) is 1.85. The lowest BCUT2D eigenvalue weighted by molar-refractivity contribution is 0.286. The van der Waals surface area contributed by atoms with Crippen LogP contribution in [0, 0.1) is 0 Å². The highest BCUT2D eigenvalue weighted by Gasteiger charge is 2.12. The monoisotopic (exact) mass is 283 g/mol. The molecule has 1 aromatic carbocycles. The van der Waals surface area contributed by atoms with Crippen LogP contribution in [0.4, 0.5) is 0 Å². The van der Waals surface area contributed by atoms with Gasteiger partial charge in [0.05, 0.1) is 13.2 Å². The van der Waals surface area contributed by atoms with Gasteiger partial charge < -0.3 is 15.2 Å². The number of para-hydroxylation sites is 1. The highest BCUT2D eigenvalue weighted by atomic mass is 32.2. The average molecular weight is 283 g/mol. The van der Waals surface area contributed by atoms with Crippen molar-refractivity contribution in [2.75, 3.05) is 24.7 Å². The number of nitrogens with two attached hydrogens (primary N) is 1. The third-order valence-electron chi connectivity index (χ3n) is 2.58. The molecule has 0 radical (unpaired) electrons. The van der Waals surface area contributed by atoms with Crippen molar-refractivity contribution in [2.24, 2.45) is 5.73 Å². The van der Waals surface area contributed by atoms with Gasteiger partial charge in [-0.15, -0.1) is 0 Å². The zero-order valence-corrected chi connectivity index (χ0v) is 13.0. The Bertz CT molecular complexity index is 369.